The summed E-state index contributed by atoms with van der Waals surface area (Å²) in [6, 6.07) is 0.523. The Morgan fingerprint density at radius 1 is 1.19 bits per heavy atom. The van der Waals surface area contributed by atoms with Crippen LogP contribution in [0.15, 0.2) is 4.99 Å². The van der Waals surface area contributed by atoms with Crippen molar-refractivity contribution in [3.63, 3.8) is 0 Å². The maximum absolute atomic E-state index is 6.11. The van der Waals surface area contributed by atoms with E-state index in [1.54, 1.807) is 0 Å². The molecule has 3 atom stereocenters. The molecule has 6 nitrogen and oxygen atoms in total. The fourth-order valence-electron chi connectivity index (χ4n) is 5.35. The van der Waals surface area contributed by atoms with Crippen LogP contribution in [-0.4, -0.2) is 75.2 Å². The molecule has 0 bridgehead atoms. The Morgan fingerprint density at radius 2 is 2.00 bits per heavy atom. The number of ether oxygens (including phenoxy) is 3. The van der Waals surface area contributed by atoms with E-state index in [1.165, 1.54) is 25.7 Å². The minimum atomic E-state index is 0.327. The maximum Gasteiger partial charge on any atom is 0.193 e. The molecule has 4 aliphatic rings. The van der Waals surface area contributed by atoms with Crippen molar-refractivity contribution in [2.24, 2.45) is 10.4 Å². The molecule has 2 aliphatic heterocycles. The fraction of sp³-hybridized carbons (Fsp3) is 0.952. The quantitative estimate of drug-likeness (QED) is 0.568. The summed E-state index contributed by atoms with van der Waals surface area (Å²) in [4.78, 5) is 7.00. The van der Waals surface area contributed by atoms with Crippen LogP contribution >= 0.6 is 0 Å². The van der Waals surface area contributed by atoms with Crippen molar-refractivity contribution in [1.82, 2.24) is 10.2 Å². The first kappa shape index (κ1) is 19.5. The molecule has 0 amide bonds. The third-order valence-electron chi connectivity index (χ3n) is 7.24. The number of hydrogen-bond donors (Lipinski definition) is 1. The first-order chi connectivity index (χ1) is 13.2. The van der Waals surface area contributed by atoms with Gasteiger partial charge >= 0.3 is 0 Å². The zero-order valence-corrected chi connectivity index (χ0v) is 17.1. The smallest absolute Gasteiger partial charge is 0.193 e. The van der Waals surface area contributed by atoms with Crippen molar-refractivity contribution >= 4 is 5.96 Å². The van der Waals surface area contributed by atoms with Gasteiger partial charge in [-0.25, -0.2) is 0 Å². The van der Waals surface area contributed by atoms with Gasteiger partial charge in [0.2, 0.25) is 0 Å². The minimum absolute atomic E-state index is 0.327. The molecule has 4 fully saturated rings. The molecular weight excluding hydrogens is 342 g/mol. The summed E-state index contributed by atoms with van der Waals surface area (Å²) in [6.07, 6.45) is 10.7. The van der Waals surface area contributed by atoms with E-state index in [4.69, 9.17) is 14.2 Å². The monoisotopic (exact) mass is 379 g/mol. The Labute approximate surface area is 164 Å². The lowest BCUT2D eigenvalue weighted by Crippen LogP contribution is -2.69. The average Bonchev–Trinajstić information content (AvgIpc) is 3.15. The minimum Gasteiger partial charge on any atom is -0.378 e. The van der Waals surface area contributed by atoms with E-state index in [2.05, 4.69) is 22.1 Å². The number of nitrogens with one attached hydrogen (secondary N) is 1. The Kier molecular flexibility index (Phi) is 6.25. The molecular formula is C21H37N3O3. The van der Waals surface area contributed by atoms with Gasteiger partial charge in [-0.05, 0) is 51.9 Å². The summed E-state index contributed by atoms with van der Waals surface area (Å²) in [5, 5.41) is 3.78. The number of rotatable bonds is 6. The first-order valence-corrected chi connectivity index (χ1v) is 11.1. The van der Waals surface area contributed by atoms with Crippen molar-refractivity contribution in [3.8, 4) is 0 Å². The third-order valence-corrected chi connectivity index (χ3v) is 7.24. The number of hydrogen-bond acceptors (Lipinski definition) is 4. The van der Waals surface area contributed by atoms with E-state index in [0.29, 0.717) is 29.8 Å². The molecule has 1 spiro atoms. The van der Waals surface area contributed by atoms with Gasteiger partial charge in [0.05, 0.1) is 24.9 Å². The summed E-state index contributed by atoms with van der Waals surface area (Å²) in [6.45, 7) is 6.64. The molecule has 4 rings (SSSR count). The van der Waals surface area contributed by atoms with Crippen LogP contribution in [0.4, 0.5) is 0 Å². The van der Waals surface area contributed by atoms with Gasteiger partial charge in [-0.15, -0.1) is 0 Å². The SMILES string of the molecule is CCOC1CC(NC(=NC)N2CCC(OCC3CCCO3)CC2)C12CCC2. The topological polar surface area (TPSA) is 55.3 Å². The molecule has 2 aliphatic carbocycles. The average molecular weight is 380 g/mol. The highest BCUT2D eigenvalue weighted by Crippen LogP contribution is 2.57. The van der Waals surface area contributed by atoms with E-state index >= 15 is 0 Å². The predicted molar refractivity (Wildman–Crippen MR) is 106 cm³/mol. The number of likely N-dealkylation sites (tertiary alicyclic amines) is 1. The highest BCUT2D eigenvalue weighted by Gasteiger charge is 2.59. The summed E-state index contributed by atoms with van der Waals surface area (Å²) >= 11 is 0. The second-order valence-electron chi connectivity index (χ2n) is 8.67. The van der Waals surface area contributed by atoms with E-state index in [9.17, 15) is 0 Å². The van der Waals surface area contributed by atoms with Crippen LogP contribution in [-0.2, 0) is 14.2 Å². The Balaban J connectivity index is 1.22. The molecule has 27 heavy (non-hydrogen) atoms. The highest BCUT2D eigenvalue weighted by molar-refractivity contribution is 5.80. The van der Waals surface area contributed by atoms with Crippen LogP contribution in [0, 0.1) is 5.41 Å². The van der Waals surface area contributed by atoms with E-state index in [0.717, 1.165) is 64.6 Å². The molecule has 154 valence electrons. The maximum atomic E-state index is 6.11. The van der Waals surface area contributed by atoms with Crippen LogP contribution in [0.2, 0.25) is 0 Å². The summed E-state index contributed by atoms with van der Waals surface area (Å²) in [7, 11) is 1.91. The summed E-state index contributed by atoms with van der Waals surface area (Å²) in [5.41, 5.74) is 0.370. The summed E-state index contributed by atoms with van der Waals surface area (Å²) < 4.78 is 17.8. The third kappa shape index (κ3) is 3.99. The molecule has 2 heterocycles. The van der Waals surface area contributed by atoms with Gasteiger partial charge in [0.1, 0.15) is 0 Å². The standard InChI is InChI=1S/C21H37N3O3/c1-3-25-19-14-18(21(19)9-5-10-21)23-20(22-2)24-11-7-16(8-12-24)27-15-17-6-4-13-26-17/h16-19H,3-15H2,1-2H3,(H,22,23). The van der Waals surface area contributed by atoms with E-state index in [1.807, 2.05) is 7.05 Å². The van der Waals surface area contributed by atoms with Crippen LogP contribution in [0.5, 0.6) is 0 Å². The van der Waals surface area contributed by atoms with Crippen LogP contribution < -0.4 is 5.32 Å². The van der Waals surface area contributed by atoms with Crippen LogP contribution in [0.1, 0.15) is 58.3 Å². The van der Waals surface area contributed by atoms with Gasteiger partial charge in [0.15, 0.2) is 5.96 Å². The van der Waals surface area contributed by atoms with Crippen LogP contribution in [0.3, 0.4) is 0 Å². The van der Waals surface area contributed by atoms with Crippen molar-refractivity contribution in [2.45, 2.75) is 82.6 Å². The van der Waals surface area contributed by atoms with Gasteiger partial charge in [0.25, 0.3) is 0 Å². The molecule has 0 aromatic carbocycles. The number of aliphatic imine (C=N–C) groups is 1. The largest absolute Gasteiger partial charge is 0.378 e. The Hall–Kier alpha value is -0.850. The Morgan fingerprint density at radius 3 is 2.59 bits per heavy atom. The van der Waals surface area contributed by atoms with Gasteiger partial charge in [0, 0.05) is 44.8 Å². The van der Waals surface area contributed by atoms with Crippen molar-refractivity contribution in [1.29, 1.82) is 0 Å². The normalized spacial score (nSPS) is 33.8. The van der Waals surface area contributed by atoms with Gasteiger partial charge in [-0.1, -0.05) is 6.42 Å². The highest BCUT2D eigenvalue weighted by atomic mass is 16.5. The van der Waals surface area contributed by atoms with Gasteiger partial charge < -0.3 is 24.4 Å². The van der Waals surface area contributed by atoms with Crippen LogP contribution in [0.25, 0.3) is 0 Å². The zero-order chi connectivity index (χ0) is 18.7. The predicted octanol–water partition coefficient (Wildman–Crippen LogP) is 2.57. The molecule has 0 radical (unpaired) electrons. The van der Waals surface area contributed by atoms with Crippen molar-refractivity contribution < 1.29 is 14.2 Å². The van der Waals surface area contributed by atoms with E-state index in [-0.39, 0.29) is 0 Å². The molecule has 0 aromatic heterocycles. The molecule has 2 saturated heterocycles. The Bertz CT molecular complexity index is 509. The zero-order valence-electron chi connectivity index (χ0n) is 17.1. The second-order valence-corrected chi connectivity index (χ2v) is 8.67. The molecule has 1 N–H and O–H groups in total. The number of guanidine groups is 1. The molecule has 3 unspecified atom stereocenters. The van der Waals surface area contributed by atoms with Gasteiger partial charge in [-0.3, -0.25) is 4.99 Å². The lowest BCUT2D eigenvalue weighted by Gasteiger charge is -2.61. The van der Waals surface area contributed by atoms with Crippen molar-refractivity contribution in [3.05, 3.63) is 0 Å². The number of nitrogens with zero attached hydrogens (tertiary/aromatic N) is 2. The van der Waals surface area contributed by atoms with Crippen molar-refractivity contribution in [2.75, 3.05) is 40.0 Å². The molecule has 6 heteroatoms. The lowest BCUT2D eigenvalue weighted by molar-refractivity contribution is -0.169. The van der Waals surface area contributed by atoms with E-state index < -0.39 is 0 Å². The van der Waals surface area contributed by atoms with Gasteiger partial charge in [-0.2, -0.15) is 0 Å². The summed E-state index contributed by atoms with van der Waals surface area (Å²) in [5.74, 6) is 1.07. The lowest BCUT2D eigenvalue weighted by atomic mass is 9.51. The number of piperidine rings is 1. The first-order valence-electron chi connectivity index (χ1n) is 11.1. The fourth-order valence-corrected chi connectivity index (χ4v) is 5.35. The second kappa shape index (κ2) is 8.66. The molecule has 0 aromatic rings. The molecule has 2 saturated carbocycles.